The van der Waals surface area contributed by atoms with Crippen LogP contribution in [0, 0.1) is 5.82 Å². The number of benzene rings is 2. The third kappa shape index (κ3) is 3.91. The molecule has 0 saturated carbocycles. The Morgan fingerprint density at radius 2 is 1.63 bits per heavy atom. The molecular formula is C23H22FN3O3. The van der Waals surface area contributed by atoms with E-state index < -0.39 is 0 Å². The van der Waals surface area contributed by atoms with Gasteiger partial charge in [0, 0.05) is 44.1 Å². The zero-order valence-electron chi connectivity index (χ0n) is 16.6. The first-order chi connectivity index (χ1) is 14.6. The molecule has 1 saturated heterocycles. The molecule has 0 spiro atoms. The Labute approximate surface area is 173 Å². The van der Waals surface area contributed by atoms with Gasteiger partial charge in [-0.1, -0.05) is 12.1 Å². The molecular weight excluding hydrogens is 385 g/mol. The Kier molecular flexibility index (Phi) is 5.52. The van der Waals surface area contributed by atoms with Crippen molar-refractivity contribution in [2.45, 2.75) is 0 Å². The normalized spacial score (nSPS) is 13.9. The number of halogens is 1. The monoisotopic (exact) mass is 407 g/mol. The lowest BCUT2D eigenvalue weighted by Crippen LogP contribution is -2.49. The van der Waals surface area contributed by atoms with Gasteiger partial charge in [0.2, 0.25) is 0 Å². The van der Waals surface area contributed by atoms with Gasteiger partial charge >= 0.3 is 0 Å². The zero-order chi connectivity index (χ0) is 21.1. The molecule has 0 unspecified atom stereocenters. The van der Waals surface area contributed by atoms with E-state index in [2.05, 4.69) is 4.90 Å². The Hall–Kier alpha value is -3.61. The summed E-state index contributed by atoms with van der Waals surface area (Å²) in [6.45, 7) is 2.49. The zero-order valence-corrected chi connectivity index (χ0v) is 16.6. The number of hydrogen-bond acceptors (Lipinski definition) is 4. The molecule has 2 aromatic carbocycles. The van der Waals surface area contributed by atoms with Crippen molar-refractivity contribution in [2.24, 2.45) is 0 Å². The number of amides is 1. The smallest absolute Gasteiger partial charge is 0.255 e. The summed E-state index contributed by atoms with van der Waals surface area (Å²) in [5.74, 6) is 0.293. The van der Waals surface area contributed by atoms with Crippen molar-refractivity contribution in [3.8, 4) is 11.4 Å². The van der Waals surface area contributed by atoms with Gasteiger partial charge in [0.05, 0.1) is 18.4 Å². The summed E-state index contributed by atoms with van der Waals surface area (Å²) in [6, 6.07) is 16.3. The van der Waals surface area contributed by atoms with Crippen LogP contribution in [0.2, 0.25) is 0 Å². The van der Waals surface area contributed by atoms with E-state index in [1.807, 2.05) is 24.3 Å². The van der Waals surface area contributed by atoms with Crippen LogP contribution in [0.25, 0.3) is 5.69 Å². The molecule has 0 radical (unpaired) electrons. The van der Waals surface area contributed by atoms with Crippen LogP contribution >= 0.6 is 0 Å². The molecule has 1 aromatic heterocycles. The van der Waals surface area contributed by atoms with Crippen LogP contribution in [-0.2, 0) is 0 Å². The van der Waals surface area contributed by atoms with Crippen LogP contribution < -0.4 is 15.2 Å². The molecule has 2 heterocycles. The van der Waals surface area contributed by atoms with Gasteiger partial charge < -0.3 is 14.5 Å². The number of carbonyl (C=O) groups is 1. The third-order valence-corrected chi connectivity index (χ3v) is 5.26. The number of nitrogens with zero attached hydrogens (tertiary/aromatic N) is 3. The second-order valence-electron chi connectivity index (χ2n) is 7.05. The van der Waals surface area contributed by atoms with Crippen molar-refractivity contribution < 1.29 is 13.9 Å². The molecule has 1 aliphatic rings. The van der Waals surface area contributed by atoms with Crippen LogP contribution in [0.15, 0.2) is 71.7 Å². The van der Waals surface area contributed by atoms with Gasteiger partial charge in [0.15, 0.2) is 0 Å². The van der Waals surface area contributed by atoms with Crippen LogP contribution in [0.5, 0.6) is 5.75 Å². The minimum absolute atomic E-state index is 0.134. The lowest BCUT2D eigenvalue weighted by molar-refractivity contribution is 0.0746. The number of aromatic nitrogens is 1. The van der Waals surface area contributed by atoms with Gasteiger partial charge in [0.1, 0.15) is 11.6 Å². The second-order valence-corrected chi connectivity index (χ2v) is 7.05. The van der Waals surface area contributed by atoms with Crippen molar-refractivity contribution in [3.63, 3.8) is 0 Å². The summed E-state index contributed by atoms with van der Waals surface area (Å²) in [5, 5.41) is 0. The number of pyridine rings is 1. The minimum atomic E-state index is -0.382. The predicted molar refractivity (Wildman–Crippen MR) is 113 cm³/mol. The van der Waals surface area contributed by atoms with Crippen LogP contribution in [0.1, 0.15) is 10.4 Å². The van der Waals surface area contributed by atoms with Gasteiger partial charge in [-0.3, -0.25) is 14.2 Å². The van der Waals surface area contributed by atoms with Crippen molar-refractivity contribution in [1.29, 1.82) is 0 Å². The Morgan fingerprint density at radius 1 is 0.933 bits per heavy atom. The summed E-state index contributed by atoms with van der Waals surface area (Å²) in [6.07, 6.45) is 1.52. The molecule has 7 heteroatoms. The molecule has 4 rings (SSSR count). The maximum Gasteiger partial charge on any atom is 0.255 e. The highest BCUT2D eigenvalue weighted by atomic mass is 19.1. The summed E-state index contributed by atoms with van der Waals surface area (Å²) < 4.78 is 20.0. The standard InChI is InChI=1S/C23H22FN3O3/c1-30-21-5-3-2-4-20(21)25-12-14-26(15-13-25)23(29)17-6-11-22(28)27(16-17)19-9-7-18(24)8-10-19/h2-11,16H,12-15H2,1H3. The number of anilines is 1. The number of hydrogen-bond donors (Lipinski definition) is 0. The van der Waals surface area contributed by atoms with E-state index in [-0.39, 0.29) is 17.3 Å². The largest absolute Gasteiger partial charge is 0.495 e. The minimum Gasteiger partial charge on any atom is -0.495 e. The molecule has 30 heavy (non-hydrogen) atoms. The Balaban J connectivity index is 1.50. The summed E-state index contributed by atoms with van der Waals surface area (Å²) in [5.41, 5.74) is 1.66. The van der Waals surface area contributed by atoms with E-state index in [1.165, 1.54) is 47.2 Å². The first kappa shape index (κ1) is 19.7. The average molecular weight is 407 g/mol. The SMILES string of the molecule is COc1ccccc1N1CCN(C(=O)c2ccc(=O)n(-c3ccc(F)cc3)c2)CC1. The Morgan fingerprint density at radius 3 is 2.33 bits per heavy atom. The maximum absolute atomic E-state index is 13.2. The molecule has 3 aromatic rings. The topological polar surface area (TPSA) is 54.8 Å². The number of rotatable bonds is 4. The summed E-state index contributed by atoms with van der Waals surface area (Å²) >= 11 is 0. The fraction of sp³-hybridized carbons (Fsp3) is 0.217. The highest BCUT2D eigenvalue weighted by Gasteiger charge is 2.24. The van der Waals surface area contributed by atoms with Gasteiger partial charge in [-0.25, -0.2) is 4.39 Å². The van der Waals surface area contributed by atoms with E-state index >= 15 is 0 Å². The highest BCUT2D eigenvalue weighted by Crippen LogP contribution is 2.28. The summed E-state index contributed by atoms with van der Waals surface area (Å²) in [7, 11) is 1.65. The number of carbonyl (C=O) groups excluding carboxylic acids is 1. The predicted octanol–water partition coefficient (Wildman–Crippen LogP) is 2.95. The molecule has 1 aliphatic heterocycles. The lowest BCUT2D eigenvalue weighted by atomic mass is 10.2. The highest BCUT2D eigenvalue weighted by molar-refractivity contribution is 5.94. The Bertz CT molecular complexity index is 1100. The number of methoxy groups -OCH3 is 1. The number of piperazine rings is 1. The average Bonchev–Trinajstić information content (AvgIpc) is 2.80. The van der Waals surface area contributed by atoms with Gasteiger partial charge in [0.25, 0.3) is 11.5 Å². The third-order valence-electron chi connectivity index (χ3n) is 5.26. The van der Waals surface area contributed by atoms with Crippen molar-refractivity contribution in [1.82, 2.24) is 9.47 Å². The van der Waals surface area contributed by atoms with Gasteiger partial charge in [-0.05, 0) is 42.5 Å². The maximum atomic E-state index is 13.2. The molecule has 1 fully saturated rings. The summed E-state index contributed by atoms with van der Waals surface area (Å²) in [4.78, 5) is 29.2. The second kappa shape index (κ2) is 8.41. The van der Waals surface area contributed by atoms with Crippen molar-refractivity contribution in [3.05, 3.63) is 88.6 Å². The van der Waals surface area contributed by atoms with Gasteiger partial charge in [-0.15, -0.1) is 0 Å². The molecule has 154 valence electrons. The molecule has 0 aliphatic carbocycles. The van der Waals surface area contributed by atoms with E-state index in [9.17, 15) is 14.0 Å². The fourth-order valence-electron chi connectivity index (χ4n) is 3.64. The quantitative estimate of drug-likeness (QED) is 0.667. The first-order valence-electron chi connectivity index (χ1n) is 9.73. The van der Waals surface area contributed by atoms with E-state index in [1.54, 1.807) is 12.0 Å². The van der Waals surface area contributed by atoms with Crippen molar-refractivity contribution >= 4 is 11.6 Å². The lowest BCUT2D eigenvalue weighted by Gasteiger charge is -2.36. The van der Waals surface area contributed by atoms with E-state index in [4.69, 9.17) is 4.74 Å². The molecule has 0 N–H and O–H groups in total. The van der Waals surface area contributed by atoms with E-state index in [0.29, 0.717) is 37.4 Å². The van der Waals surface area contributed by atoms with Crippen LogP contribution in [-0.4, -0.2) is 48.7 Å². The molecule has 1 amide bonds. The number of para-hydroxylation sites is 2. The van der Waals surface area contributed by atoms with Crippen molar-refractivity contribution in [2.75, 3.05) is 38.2 Å². The first-order valence-corrected chi connectivity index (χ1v) is 9.73. The molecule has 6 nitrogen and oxygen atoms in total. The fourth-order valence-corrected chi connectivity index (χ4v) is 3.64. The van der Waals surface area contributed by atoms with E-state index in [0.717, 1.165) is 11.4 Å². The van der Waals surface area contributed by atoms with Crippen LogP contribution in [0.3, 0.4) is 0 Å². The molecule has 0 atom stereocenters. The van der Waals surface area contributed by atoms with Crippen LogP contribution in [0.4, 0.5) is 10.1 Å². The molecule has 0 bridgehead atoms. The number of ether oxygens (including phenoxy) is 1. The van der Waals surface area contributed by atoms with Gasteiger partial charge in [-0.2, -0.15) is 0 Å².